The van der Waals surface area contributed by atoms with Crippen molar-refractivity contribution in [3.8, 4) is 0 Å². The van der Waals surface area contributed by atoms with Gasteiger partial charge in [-0.3, -0.25) is 9.59 Å². The topological polar surface area (TPSA) is 70.1 Å². The van der Waals surface area contributed by atoms with Crippen molar-refractivity contribution in [2.24, 2.45) is 5.92 Å². The zero-order valence-electron chi connectivity index (χ0n) is 19.8. The average Bonchev–Trinajstić information content (AvgIpc) is 3.04. The van der Waals surface area contributed by atoms with Crippen LogP contribution in [0.15, 0.2) is 35.1 Å². The summed E-state index contributed by atoms with van der Waals surface area (Å²) in [6.07, 6.45) is 2.33. The van der Waals surface area contributed by atoms with Crippen molar-refractivity contribution >= 4 is 16.8 Å². The van der Waals surface area contributed by atoms with E-state index in [0.717, 1.165) is 40.9 Å². The molecule has 0 saturated carbocycles. The fraction of sp³-hybridized carbons (Fsp3) is 0.462. The molecule has 1 atom stereocenters. The molecule has 32 heavy (non-hydrogen) atoms. The highest BCUT2D eigenvalue weighted by molar-refractivity contribution is 6.08. The molecule has 0 bridgehead atoms. The number of amides is 1. The van der Waals surface area contributed by atoms with Crippen LogP contribution in [-0.4, -0.2) is 40.5 Å². The van der Waals surface area contributed by atoms with Gasteiger partial charge >= 0.3 is 0 Å². The molecule has 6 heteroatoms. The molecule has 0 radical (unpaired) electrons. The number of nitrogens with one attached hydrogen (secondary N) is 2. The first kappa shape index (κ1) is 22.3. The van der Waals surface area contributed by atoms with Crippen LogP contribution < -0.4 is 10.9 Å². The highest BCUT2D eigenvalue weighted by atomic mass is 16.2. The van der Waals surface area contributed by atoms with Gasteiger partial charge < -0.3 is 19.8 Å². The molecule has 0 spiro atoms. The number of aromatic nitrogens is 2. The van der Waals surface area contributed by atoms with Gasteiger partial charge in [-0.2, -0.15) is 0 Å². The number of nitrogens with zero attached hydrogens (tertiary/aromatic N) is 2. The number of H-pyrrole nitrogens is 1. The van der Waals surface area contributed by atoms with Gasteiger partial charge in [0.05, 0.1) is 5.56 Å². The first-order valence-electron chi connectivity index (χ1n) is 11.5. The van der Waals surface area contributed by atoms with Gasteiger partial charge in [-0.15, -0.1) is 0 Å². The third-order valence-corrected chi connectivity index (χ3v) is 7.16. The van der Waals surface area contributed by atoms with Crippen LogP contribution in [-0.2, 0) is 6.54 Å². The summed E-state index contributed by atoms with van der Waals surface area (Å²) < 4.78 is 2.35. The molecule has 2 aromatic heterocycles. The standard InChI is InChI=1S/C26H34N4O2/c1-16-14-17(2)28-25(31)22(16)15-27-26(32)24-19(4)30(23-9-7-6-8-21(23)24)18(3)20-10-12-29(5)13-11-20/h6-9,14,18,20H,10-13,15H2,1-5H3,(H,27,32)(H,28,31). The smallest absolute Gasteiger partial charge is 0.254 e. The highest BCUT2D eigenvalue weighted by Gasteiger charge is 2.28. The number of hydrogen-bond acceptors (Lipinski definition) is 3. The minimum Gasteiger partial charge on any atom is -0.348 e. The summed E-state index contributed by atoms with van der Waals surface area (Å²) in [6.45, 7) is 10.5. The summed E-state index contributed by atoms with van der Waals surface area (Å²) in [5.41, 5.74) is 4.98. The predicted molar refractivity (Wildman–Crippen MR) is 129 cm³/mol. The van der Waals surface area contributed by atoms with E-state index in [9.17, 15) is 9.59 Å². The first-order valence-corrected chi connectivity index (χ1v) is 11.5. The molecule has 1 fully saturated rings. The van der Waals surface area contributed by atoms with Crippen molar-refractivity contribution in [1.29, 1.82) is 0 Å². The lowest BCUT2D eigenvalue weighted by atomic mass is 9.90. The molecule has 1 amide bonds. The molecule has 170 valence electrons. The maximum absolute atomic E-state index is 13.4. The summed E-state index contributed by atoms with van der Waals surface area (Å²) >= 11 is 0. The Labute approximate surface area is 189 Å². The van der Waals surface area contributed by atoms with Gasteiger partial charge in [-0.25, -0.2) is 0 Å². The van der Waals surface area contributed by atoms with Crippen molar-refractivity contribution in [2.75, 3.05) is 20.1 Å². The first-order chi connectivity index (χ1) is 15.3. The van der Waals surface area contributed by atoms with E-state index in [4.69, 9.17) is 0 Å². The lowest BCUT2D eigenvalue weighted by Gasteiger charge is -2.34. The SMILES string of the molecule is Cc1cc(C)c(CNC(=O)c2c(C)n(C(C)C3CCN(C)CC3)c3ccccc23)c(=O)[nH]1. The number of aryl methyl sites for hydroxylation is 2. The zero-order chi connectivity index (χ0) is 23.0. The van der Waals surface area contributed by atoms with E-state index >= 15 is 0 Å². The van der Waals surface area contributed by atoms with Gasteiger partial charge in [0.1, 0.15) is 0 Å². The number of hydrogen-bond donors (Lipinski definition) is 2. The number of pyridine rings is 1. The van der Waals surface area contributed by atoms with Crippen LogP contribution in [0.25, 0.3) is 10.9 Å². The number of aromatic amines is 1. The van der Waals surface area contributed by atoms with E-state index in [1.54, 1.807) is 0 Å². The van der Waals surface area contributed by atoms with Crippen LogP contribution >= 0.6 is 0 Å². The number of carbonyl (C=O) groups is 1. The molecule has 0 aliphatic carbocycles. The van der Waals surface area contributed by atoms with Gasteiger partial charge in [-0.1, -0.05) is 18.2 Å². The second-order valence-electron chi connectivity index (χ2n) is 9.35. The molecule has 1 saturated heterocycles. The Balaban J connectivity index is 1.65. The van der Waals surface area contributed by atoms with Crippen LogP contribution in [0.4, 0.5) is 0 Å². The summed E-state index contributed by atoms with van der Waals surface area (Å²) in [7, 11) is 2.18. The van der Waals surface area contributed by atoms with Crippen LogP contribution in [0.1, 0.15) is 58.7 Å². The number of rotatable bonds is 5. The predicted octanol–water partition coefficient (Wildman–Crippen LogP) is 4.09. The largest absolute Gasteiger partial charge is 0.348 e. The van der Waals surface area contributed by atoms with Gasteiger partial charge in [0.15, 0.2) is 0 Å². The Morgan fingerprint density at radius 2 is 1.88 bits per heavy atom. The molecule has 1 unspecified atom stereocenters. The zero-order valence-corrected chi connectivity index (χ0v) is 19.8. The van der Waals surface area contributed by atoms with Crippen LogP contribution in [0.5, 0.6) is 0 Å². The van der Waals surface area contributed by atoms with E-state index in [1.807, 2.05) is 45.0 Å². The summed E-state index contributed by atoms with van der Waals surface area (Å²) in [5.74, 6) is 0.456. The summed E-state index contributed by atoms with van der Waals surface area (Å²) in [4.78, 5) is 30.9. The number of para-hydroxylation sites is 1. The molecule has 6 nitrogen and oxygen atoms in total. The molecular weight excluding hydrogens is 400 g/mol. The normalized spacial score (nSPS) is 16.4. The maximum atomic E-state index is 13.4. The number of piperidine rings is 1. The van der Waals surface area contributed by atoms with Gasteiger partial charge in [-0.05, 0) is 84.3 Å². The van der Waals surface area contributed by atoms with Crippen molar-refractivity contribution in [2.45, 2.75) is 53.1 Å². The van der Waals surface area contributed by atoms with Crippen molar-refractivity contribution in [1.82, 2.24) is 19.8 Å². The minimum absolute atomic E-state index is 0.132. The molecular formula is C26H34N4O2. The number of benzene rings is 1. The molecule has 1 aromatic carbocycles. The van der Waals surface area contributed by atoms with E-state index in [-0.39, 0.29) is 18.0 Å². The van der Waals surface area contributed by atoms with Crippen LogP contribution in [0.2, 0.25) is 0 Å². The number of carbonyl (C=O) groups excluding carboxylic acids is 1. The summed E-state index contributed by atoms with van der Waals surface area (Å²) in [5, 5.41) is 3.98. The molecule has 2 N–H and O–H groups in total. The van der Waals surface area contributed by atoms with E-state index in [0.29, 0.717) is 23.1 Å². The summed E-state index contributed by atoms with van der Waals surface area (Å²) in [6, 6.07) is 10.4. The van der Waals surface area contributed by atoms with E-state index < -0.39 is 0 Å². The van der Waals surface area contributed by atoms with Crippen molar-refractivity contribution < 1.29 is 4.79 Å². The van der Waals surface area contributed by atoms with Crippen molar-refractivity contribution in [3.05, 3.63) is 68.8 Å². The van der Waals surface area contributed by atoms with Gasteiger partial charge in [0, 0.05) is 40.4 Å². The molecule has 3 heterocycles. The monoisotopic (exact) mass is 434 g/mol. The number of likely N-dealkylation sites (tertiary alicyclic amines) is 1. The van der Waals surface area contributed by atoms with Crippen LogP contribution in [0, 0.1) is 26.7 Å². The molecule has 1 aliphatic heterocycles. The van der Waals surface area contributed by atoms with E-state index in [2.05, 4.69) is 39.8 Å². The Bertz CT molecular complexity index is 1200. The Morgan fingerprint density at radius 3 is 2.56 bits per heavy atom. The fourth-order valence-electron chi connectivity index (χ4n) is 5.28. The lowest BCUT2D eigenvalue weighted by molar-refractivity contribution is 0.0951. The fourth-order valence-corrected chi connectivity index (χ4v) is 5.28. The Hall–Kier alpha value is -2.86. The minimum atomic E-state index is -0.141. The second kappa shape index (κ2) is 8.94. The van der Waals surface area contributed by atoms with E-state index in [1.165, 1.54) is 12.8 Å². The Morgan fingerprint density at radius 1 is 1.19 bits per heavy atom. The lowest BCUT2D eigenvalue weighted by Crippen LogP contribution is -2.33. The molecule has 3 aromatic rings. The van der Waals surface area contributed by atoms with Gasteiger partial charge in [0.2, 0.25) is 0 Å². The van der Waals surface area contributed by atoms with Crippen LogP contribution in [0.3, 0.4) is 0 Å². The Kier molecular flexibility index (Phi) is 6.24. The second-order valence-corrected chi connectivity index (χ2v) is 9.35. The highest BCUT2D eigenvalue weighted by Crippen LogP contribution is 2.35. The molecule has 1 aliphatic rings. The number of fused-ring (bicyclic) bond motifs is 1. The molecule has 4 rings (SSSR count). The van der Waals surface area contributed by atoms with Gasteiger partial charge in [0.25, 0.3) is 11.5 Å². The third-order valence-electron chi connectivity index (χ3n) is 7.16. The van der Waals surface area contributed by atoms with Crippen molar-refractivity contribution in [3.63, 3.8) is 0 Å². The maximum Gasteiger partial charge on any atom is 0.254 e. The quantitative estimate of drug-likeness (QED) is 0.636. The average molecular weight is 435 g/mol. The third kappa shape index (κ3) is 4.11.